The van der Waals surface area contributed by atoms with Crippen LogP contribution < -0.4 is 4.90 Å². The predicted octanol–water partition coefficient (Wildman–Crippen LogP) is 2.86. The van der Waals surface area contributed by atoms with Crippen LogP contribution in [0.1, 0.15) is 28.3 Å². The van der Waals surface area contributed by atoms with Crippen LogP contribution in [0.2, 0.25) is 0 Å². The Morgan fingerprint density at radius 1 is 1.13 bits per heavy atom. The van der Waals surface area contributed by atoms with Gasteiger partial charge in [-0.2, -0.15) is 0 Å². The molecular weight excluding hydrogens is 401 g/mol. The van der Waals surface area contributed by atoms with E-state index in [2.05, 4.69) is 0 Å². The molecule has 2 aromatic rings. The van der Waals surface area contributed by atoms with Crippen molar-refractivity contribution in [2.45, 2.75) is 20.3 Å². The van der Waals surface area contributed by atoms with E-state index in [-0.39, 0.29) is 24.1 Å². The van der Waals surface area contributed by atoms with Crippen molar-refractivity contribution >= 4 is 17.5 Å². The van der Waals surface area contributed by atoms with E-state index in [0.717, 1.165) is 0 Å². The Labute approximate surface area is 182 Å². The van der Waals surface area contributed by atoms with Gasteiger partial charge >= 0.3 is 0 Å². The molecule has 1 aromatic carbocycles. The highest BCUT2D eigenvalue weighted by atomic mass is 19.1. The molecule has 31 heavy (non-hydrogen) atoms. The van der Waals surface area contributed by atoms with Gasteiger partial charge in [0.2, 0.25) is 5.91 Å². The zero-order valence-corrected chi connectivity index (χ0v) is 18.4. The third-order valence-electron chi connectivity index (χ3n) is 5.55. The third kappa shape index (κ3) is 5.64. The van der Waals surface area contributed by atoms with Gasteiger partial charge in [-0.05, 0) is 32.0 Å². The summed E-state index contributed by atoms with van der Waals surface area (Å²) in [7, 11) is 1.58. The summed E-state index contributed by atoms with van der Waals surface area (Å²) in [5, 5.41) is 0. The number of hydrogen-bond donors (Lipinski definition) is 0. The van der Waals surface area contributed by atoms with Gasteiger partial charge in [-0.1, -0.05) is 12.1 Å². The first kappa shape index (κ1) is 22.8. The molecule has 7 nitrogen and oxygen atoms in total. The quantitative estimate of drug-likeness (QED) is 0.643. The third-order valence-corrected chi connectivity index (χ3v) is 5.55. The molecule has 0 unspecified atom stereocenters. The number of aryl methyl sites for hydroxylation is 2. The highest BCUT2D eigenvalue weighted by Gasteiger charge is 2.25. The number of carbonyl (C=O) groups is 2. The van der Waals surface area contributed by atoms with E-state index in [4.69, 9.17) is 9.15 Å². The van der Waals surface area contributed by atoms with Crippen molar-refractivity contribution in [2.75, 3.05) is 57.9 Å². The zero-order valence-electron chi connectivity index (χ0n) is 18.4. The maximum absolute atomic E-state index is 14.0. The summed E-state index contributed by atoms with van der Waals surface area (Å²) < 4.78 is 24.6. The summed E-state index contributed by atoms with van der Waals surface area (Å²) in [5.74, 6) is 0.822. The average Bonchev–Trinajstić information content (AvgIpc) is 3.11. The van der Waals surface area contributed by atoms with Crippen LogP contribution in [0.5, 0.6) is 0 Å². The van der Waals surface area contributed by atoms with Gasteiger partial charge < -0.3 is 23.9 Å². The molecule has 2 amide bonds. The first-order chi connectivity index (χ1) is 14.9. The van der Waals surface area contributed by atoms with E-state index in [1.165, 1.54) is 6.07 Å². The minimum Gasteiger partial charge on any atom is -0.466 e. The van der Waals surface area contributed by atoms with Gasteiger partial charge in [0.25, 0.3) is 5.91 Å². The highest BCUT2D eigenvalue weighted by Crippen LogP contribution is 2.21. The van der Waals surface area contributed by atoms with Gasteiger partial charge in [0.1, 0.15) is 17.3 Å². The summed E-state index contributed by atoms with van der Waals surface area (Å²) >= 11 is 0. The van der Waals surface area contributed by atoms with Gasteiger partial charge in [0.05, 0.1) is 17.9 Å². The second-order valence-corrected chi connectivity index (χ2v) is 7.68. The van der Waals surface area contributed by atoms with Gasteiger partial charge in [-0.25, -0.2) is 4.39 Å². The number of hydrogen-bond acceptors (Lipinski definition) is 5. The number of benzene rings is 1. The fourth-order valence-electron chi connectivity index (χ4n) is 3.82. The van der Waals surface area contributed by atoms with Gasteiger partial charge in [0, 0.05) is 52.8 Å². The van der Waals surface area contributed by atoms with Crippen LogP contribution in [0.4, 0.5) is 10.1 Å². The monoisotopic (exact) mass is 431 g/mol. The van der Waals surface area contributed by atoms with Crippen LogP contribution in [-0.4, -0.2) is 74.6 Å². The number of nitrogens with zero attached hydrogens (tertiary/aromatic N) is 3. The molecule has 0 spiro atoms. The number of methoxy groups -OCH3 is 1. The van der Waals surface area contributed by atoms with E-state index in [0.29, 0.717) is 68.6 Å². The van der Waals surface area contributed by atoms with Gasteiger partial charge in [0.15, 0.2) is 0 Å². The van der Waals surface area contributed by atoms with Gasteiger partial charge in [-0.3, -0.25) is 9.59 Å². The highest BCUT2D eigenvalue weighted by molar-refractivity contribution is 5.95. The number of rotatable bonds is 8. The lowest BCUT2D eigenvalue weighted by Crippen LogP contribution is -2.49. The molecule has 1 aromatic heterocycles. The van der Waals surface area contributed by atoms with Crippen LogP contribution >= 0.6 is 0 Å². The summed E-state index contributed by atoms with van der Waals surface area (Å²) in [4.78, 5) is 31.1. The number of piperazine rings is 1. The Hall–Kier alpha value is -2.87. The SMILES string of the molecule is COCCN(CCC(=O)N1CCN(c2ccccc2F)CC1)C(=O)c1cc(C)oc1C. The lowest BCUT2D eigenvalue weighted by molar-refractivity contribution is -0.131. The van der Waals surface area contributed by atoms with Crippen LogP contribution in [0.15, 0.2) is 34.7 Å². The minimum atomic E-state index is -0.251. The number of para-hydroxylation sites is 1. The van der Waals surface area contributed by atoms with Crippen molar-refractivity contribution in [1.82, 2.24) is 9.80 Å². The van der Waals surface area contributed by atoms with Crippen LogP contribution in [-0.2, 0) is 9.53 Å². The lowest BCUT2D eigenvalue weighted by atomic mass is 10.2. The Kier molecular flexibility index (Phi) is 7.68. The molecule has 168 valence electrons. The molecular formula is C23H30FN3O4. The fraction of sp³-hybridized carbons (Fsp3) is 0.478. The van der Waals surface area contributed by atoms with Crippen molar-refractivity contribution in [3.63, 3.8) is 0 Å². The van der Waals surface area contributed by atoms with E-state index < -0.39 is 0 Å². The molecule has 0 radical (unpaired) electrons. The molecule has 1 aliphatic rings. The van der Waals surface area contributed by atoms with Crippen molar-refractivity contribution in [3.05, 3.63) is 53.2 Å². The fourth-order valence-corrected chi connectivity index (χ4v) is 3.82. The summed E-state index contributed by atoms with van der Waals surface area (Å²) in [5.41, 5.74) is 1.08. The Morgan fingerprint density at radius 2 is 1.84 bits per heavy atom. The molecule has 1 fully saturated rings. The second-order valence-electron chi connectivity index (χ2n) is 7.68. The lowest BCUT2D eigenvalue weighted by Gasteiger charge is -2.36. The van der Waals surface area contributed by atoms with Crippen molar-refractivity contribution in [2.24, 2.45) is 0 Å². The molecule has 0 saturated carbocycles. The Bertz CT molecular complexity index is 906. The summed E-state index contributed by atoms with van der Waals surface area (Å²) in [6.07, 6.45) is 0.227. The molecule has 0 atom stereocenters. The number of ether oxygens (including phenoxy) is 1. The molecule has 8 heteroatoms. The van der Waals surface area contributed by atoms with Crippen molar-refractivity contribution < 1.29 is 23.1 Å². The Balaban J connectivity index is 1.55. The molecule has 1 saturated heterocycles. The first-order valence-corrected chi connectivity index (χ1v) is 10.5. The molecule has 0 aliphatic carbocycles. The standard InChI is InChI=1S/C23H30FN3O4/c1-17-16-19(18(2)31-17)23(29)27(14-15-30-3)9-8-22(28)26-12-10-25(11-13-26)21-7-5-4-6-20(21)24/h4-7,16H,8-15H2,1-3H3. The van der Waals surface area contributed by atoms with Crippen LogP contribution in [0, 0.1) is 19.7 Å². The number of anilines is 1. The predicted molar refractivity (Wildman–Crippen MR) is 116 cm³/mol. The maximum Gasteiger partial charge on any atom is 0.257 e. The van der Waals surface area contributed by atoms with Crippen LogP contribution in [0.3, 0.4) is 0 Å². The number of halogens is 1. The number of carbonyl (C=O) groups excluding carboxylic acids is 2. The average molecular weight is 432 g/mol. The first-order valence-electron chi connectivity index (χ1n) is 10.5. The van der Waals surface area contributed by atoms with Crippen molar-refractivity contribution in [3.8, 4) is 0 Å². The topological polar surface area (TPSA) is 66.2 Å². The largest absolute Gasteiger partial charge is 0.466 e. The van der Waals surface area contributed by atoms with E-state index >= 15 is 0 Å². The van der Waals surface area contributed by atoms with E-state index in [1.54, 1.807) is 49.0 Å². The van der Waals surface area contributed by atoms with E-state index in [1.807, 2.05) is 11.0 Å². The normalized spacial score (nSPS) is 14.1. The second kappa shape index (κ2) is 10.4. The van der Waals surface area contributed by atoms with Crippen LogP contribution in [0.25, 0.3) is 0 Å². The number of furan rings is 1. The molecule has 3 rings (SSSR count). The number of amides is 2. The molecule has 1 aliphatic heterocycles. The minimum absolute atomic E-state index is 0.0107. The van der Waals surface area contributed by atoms with Gasteiger partial charge in [-0.15, -0.1) is 0 Å². The summed E-state index contributed by atoms with van der Waals surface area (Å²) in [6.45, 7) is 6.85. The van der Waals surface area contributed by atoms with Crippen molar-refractivity contribution in [1.29, 1.82) is 0 Å². The molecule has 0 bridgehead atoms. The maximum atomic E-state index is 14.0. The molecule has 2 heterocycles. The molecule has 0 N–H and O–H groups in total. The zero-order chi connectivity index (χ0) is 22.4. The summed E-state index contributed by atoms with van der Waals surface area (Å²) in [6, 6.07) is 8.40. The van der Waals surface area contributed by atoms with E-state index in [9.17, 15) is 14.0 Å². The Morgan fingerprint density at radius 3 is 2.45 bits per heavy atom. The smallest absolute Gasteiger partial charge is 0.257 e.